The van der Waals surface area contributed by atoms with Gasteiger partial charge in [0.15, 0.2) is 5.13 Å². The maximum atomic E-state index is 10.8. The highest BCUT2D eigenvalue weighted by Gasteiger charge is 2.53. The van der Waals surface area contributed by atoms with E-state index in [4.69, 9.17) is 14.1 Å². The standard InChI is InChI=1S/C30H35N7O3S/c1-19-15-37(16-20(2)39-19)17-21-12-24(32-25(13-21)34-29-8-10-30(38,18-29)11-9-29)33-28-31-14-23(41-28)27-36-35-26(40-27)22-6-4-3-5-7-22/h3-7,12-14,19-20,38H,8-11,15-18H2,1-2H3,(H2,31,32,33,34)/t19-,20+,29?,30?. The first-order chi connectivity index (χ1) is 19.8. The van der Waals surface area contributed by atoms with E-state index in [1.165, 1.54) is 11.3 Å². The highest BCUT2D eigenvalue weighted by molar-refractivity contribution is 7.18. The van der Waals surface area contributed by atoms with Gasteiger partial charge in [0.25, 0.3) is 5.89 Å². The molecule has 3 aromatic heterocycles. The highest BCUT2D eigenvalue weighted by Crippen LogP contribution is 2.52. The van der Waals surface area contributed by atoms with Crippen LogP contribution < -0.4 is 10.6 Å². The molecule has 7 rings (SSSR count). The Morgan fingerprint density at radius 2 is 1.73 bits per heavy atom. The first-order valence-corrected chi connectivity index (χ1v) is 15.2. The summed E-state index contributed by atoms with van der Waals surface area (Å²) in [4.78, 5) is 12.7. The van der Waals surface area contributed by atoms with Gasteiger partial charge in [-0.3, -0.25) is 4.90 Å². The summed E-state index contributed by atoms with van der Waals surface area (Å²) in [6.45, 7) is 6.83. The van der Waals surface area contributed by atoms with Crippen LogP contribution in [0.5, 0.6) is 0 Å². The molecule has 214 valence electrons. The van der Waals surface area contributed by atoms with Gasteiger partial charge in [-0.25, -0.2) is 9.97 Å². The number of aromatic nitrogens is 4. The van der Waals surface area contributed by atoms with Gasteiger partial charge in [-0.05, 0) is 75.8 Å². The number of rotatable bonds is 8. The number of pyridine rings is 1. The number of fused-ring (bicyclic) bond motifs is 2. The second-order valence-electron chi connectivity index (χ2n) is 11.9. The van der Waals surface area contributed by atoms with E-state index in [1.807, 2.05) is 30.3 Å². The van der Waals surface area contributed by atoms with Gasteiger partial charge in [-0.15, -0.1) is 10.2 Å². The molecule has 0 unspecified atom stereocenters. The van der Waals surface area contributed by atoms with Gasteiger partial charge in [-0.2, -0.15) is 0 Å². The van der Waals surface area contributed by atoms with Gasteiger partial charge >= 0.3 is 0 Å². The van der Waals surface area contributed by atoms with E-state index in [0.29, 0.717) is 16.9 Å². The monoisotopic (exact) mass is 573 g/mol. The molecule has 4 aromatic rings. The number of aliphatic hydroxyl groups is 1. The minimum absolute atomic E-state index is 0.0948. The Hall–Kier alpha value is -3.38. The number of hydrogen-bond donors (Lipinski definition) is 3. The maximum Gasteiger partial charge on any atom is 0.259 e. The fourth-order valence-electron chi connectivity index (χ4n) is 6.66. The van der Waals surface area contributed by atoms with E-state index in [-0.39, 0.29) is 17.7 Å². The topological polar surface area (TPSA) is 121 Å². The van der Waals surface area contributed by atoms with E-state index in [1.54, 1.807) is 6.20 Å². The Morgan fingerprint density at radius 1 is 1.00 bits per heavy atom. The minimum Gasteiger partial charge on any atom is -0.415 e. The van der Waals surface area contributed by atoms with Crippen LogP contribution in [0.2, 0.25) is 0 Å². The van der Waals surface area contributed by atoms with Crippen LogP contribution in [0, 0.1) is 0 Å². The summed E-state index contributed by atoms with van der Waals surface area (Å²) in [6.07, 6.45) is 6.53. The van der Waals surface area contributed by atoms with Gasteiger partial charge in [0.2, 0.25) is 5.89 Å². The molecule has 1 saturated heterocycles. The van der Waals surface area contributed by atoms with Crippen LogP contribution in [-0.4, -0.2) is 66.6 Å². The lowest BCUT2D eigenvalue weighted by Crippen LogP contribution is -2.44. The van der Waals surface area contributed by atoms with Crippen LogP contribution in [0.15, 0.2) is 53.1 Å². The lowest BCUT2D eigenvalue weighted by atomic mass is 9.93. The summed E-state index contributed by atoms with van der Waals surface area (Å²) in [5.74, 6) is 2.46. The van der Waals surface area contributed by atoms with Gasteiger partial charge in [-0.1, -0.05) is 29.5 Å². The first-order valence-electron chi connectivity index (χ1n) is 14.3. The molecule has 0 radical (unpaired) electrons. The van der Waals surface area contributed by atoms with E-state index in [0.717, 1.165) is 79.4 Å². The third-order valence-corrected chi connectivity index (χ3v) is 9.28. The average molecular weight is 574 g/mol. The number of morpholine rings is 1. The number of nitrogens with one attached hydrogen (secondary N) is 2. The van der Waals surface area contributed by atoms with Crippen molar-refractivity contribution in [1.29, 1.82) is 0 Å². The third kappa shape index (κ3) is 5.72. The van der Waals surface area contributed by atoms with Gasteiger partial charge < -0.3 is 24.9 Å². The summed E-state index contributed by atoms with van der Waals surface area (Å²) < 4.78 is 11.9. The molecule has 1 aliphatic heterocycles. The quantitative estimate of drug-likeness (QED) is 0.250. The predicted octanol–water partition coefficient (Wildman–Crippen LogP) is 5.47. The van der Waals surface area contributed by atoms with E-state index in [2.05, 4.69) is 56.7 Å². The van der Waals surface area contributed by atoms with Crippen LogP contribution in [0.25, 0.3) is 22.2 Å². The van der Waals surface area contributed by atoms with Gasteiger partial charge in [0.05, 0.1) is 24.0 Å². The van der Waals surface area contributed by atoms with Crippen molar-refractivity contribution >= 4 is 28.1 Å². The molecule has 2 saturated carbocycles. The molecule has 2 atom stereocenters. The molecular weight excluding hydrogens is 538 g/mol. The summed E-state index contributed by atoms with van der Waals surface area (Å²) in [5, 5.41) is 27.1. The van der Waals surface area contributed by atoms with Crippen molar-refractivity contribution < 1.29 is 14.3 Å². The van der Waals surface area contributed by atoms with Crippen molar-refractivity contribution in [3.63, 3.8) is 0 Å². The van der Waals surface area contributed by atoms with E-state index < -0.39 is 5.60 Å². The van der Waals surface area contributed by atoms with E-state index >= 15 is 0 Å². The van der Waals surface area contributed by atoms with Crippen molar-refractivity contribution in [2.24, 2.45) is 0 Å². The predicted molar refractivity (Wildman–Crippen MR) is 158 cm³/mol. The summed E-state index contributed by atoms with van der Waals surface area (Å²) in [5.41, 5.74) is 1.41. The molecule has 41 heavy (non-hydrogen) atoms. The van der Waals surface area contributed by atoms with Crippen LogP contribution >= 0.6 is 11.3 Å². The second kappa shape index (κ2) is 10.5. The lowest BCUT2D eigenvalue weighted by molar-refractivity contribution is -0.0704. The van der Waals surface area contributed by atoms with Crippen molar-refractivity contribution in [3.05, 3.63) is 54.2 Å². The number of hydrogen-bond acceptors (Lipinski definition) is 11. The fraction of sp³-hybridized carbons (Fsp3) is 0.467. The molecule has 3 N–H and O–H groups in total. The SMILES string of the molecule is C[C@@H]1CN(Cc2cc(Nc3ncc(-c4nnc(-c5ccccc5)o4)s3)nc(NC34CCC(O)(CC3)C4)c2)C[C@H](C)O1. The molecule has 3 fully saturated rings. The molecule has 0 amide bonds. The van der Waals surface area contributed by atoms with Crippen molar-refractivity contribution in [1.82, 2.24) is 25.1 Å². The number of nitrogens with zero attached hydrogens (tertiary/aromatic N) is 5. The van der Waals surface area contributed by atoms with E-state index in [9.17, 15) is 5.11 Å². The number of thiazole rings is 1. The minimum atomic E-state index is -0.530. The van der Waals surface area contributed by atoms with Crippen molar-refractivity contribution in [2.75, 3.05) is 23.7 Å². The number of ether oxygens (including phenoxy) is 1. The van der Waals surface area contributed by atoms with Crippen LogP contribution in [0.3, 0.4) is 0 Å². The molecule has 1 aromatic carbocycles. The molecule has 4 heterocycles. The Labute approximate surface area is 243 Å². The third-order valence-electron chi connectivity index (χ3n) is 8.38. The second-order valence-corrected chi connectivity index (χ2v) is 13.0. The highest BCUT2D eigenvalue weighted by atomic mass is 32.1. The molecular formula is C30H35N7O3S. The Bertz CT molecular complexity index is 1510. The molecule has 0 spiro atoms. The smallest absolute Gasteiger partial charge is 0.259 e. The van der Waals surface area contributed by atoms with Gasteiger partial charge in [0, 0.05) is 30.7 Å². The van der Waals surface area contributed by atoms with Crippen molar-refractivity contribution in [2.45, 2.75) is 75.8 Å². The number of benzene rings is 1. The fourth-order valence-corrected chi connectivity index (χ4v) is 7.40. The summed E-state index contributed by atoms with van der Waals surface area (Å²) >= 11 is 1.44. The molecule has 3 aliphatic rings. The Morgan fingerprint density at radius 3 is 2.46 bits per heavy atom. The maximum absolute atomic E-state index is 10.8. The van der Waals surface area contributed by atoms with Crippen LogP contribution in [-0.2, 0) is 11.3 Å². The van der Waals surface area contributed by atoms with Gasteiger partial charge in [0.1, 0.15) is 16.5 Å². The number of anilines is 3. The Kier molecular flexibility index (Phi) is 6.77. The summed E-state index contributed by atoms with van der Waals surface area (Å²) in [7, 11) is 0. The van der Waals surface area contributed by atoms with Crippen LogP contribution in [0.1, 0.15) is 51.5 Å². The Balaban J connectivity index is 1.13. The molecule has 2 aliphatic carbocycles. The zero-order valence-corrected chi connectivity index (χ0v) is 24.2. The summed E-state index contributed by atoms with van der Waals surface area (Å²) in [6, 6.07) is 14.0. The zero-order chi connectivity index (χ0) is 28.0. The van der Waals surface area contributed by atoms with Crippen LogP contribution in [0.4, 0.5) is 16.8 Å². The molecule has 11 heteroatoms. The lowest BCUT2D eigenvalue weighted by Gasteiger charge is -2.35. The largest absolute Gasteiger partial charge is 0.415 e. The van der Waals surface area contributed by atoms with Crippen molar-refractivity contribution in [3.8, 4) is 22.2 Å². The molecule has 2 bridgehead atoms. The normalized spacial score (nSPS) is 27.8. The first kappa shape index (κ1) is 26.5. The average Bonchev–Trinajstić information content (AvgIpc) is 3.72. The zero-order valence-electron chi connectivity index (χ0n) is 23.3. The molecule has 10 nitrogen and oxygen atoms in total.